The van der Waals surface area contributed by atoms with Crippen molar-refractivity contribution in [2.75, 3.05) is 18.0 Å². The van der Waals surface area contributed by atoms with Crippen molar-refractivity contribution in [1.82, 2.24) is 0 Å². The molecule has 7 heteroatoms. The summed E-state index contributed by atoms with van der Waals surface area (Å²) in [6.07, 6.45) is 1.46. The zero-order valence-corrected chi connectivity index (χ0v) is 14.6. The van der Waals surface area contributed by atoms with Crippen LogP contribution >= 0.6 is 0 Å². The molecular formula is C16H24N2O4S. The minimum Gasteiger partial charge on any atom is -0.460 e. The molecule has 6 nitrogen and oxygen atoms in total. The number of piperidine rings is 1. The van der Waals surface area contributed by atoms with Crippen molar-refractivity contribution in [2.24, 2.45) is 11.1 Å². The first-order valence-electron chi connectivity index (χ1n) is 7.67. The van der Waals surface area contributed by atoms with E-state index in [-0.39, 0.29) is 16.8 Å². The summed E-state index contributed by atoms with van der Waals surface area (Å²) in [5, 5.41) is 5.09. The Morgan fingerprint density at radius 2 is 1.70 bits per heavy atom. The Bertz CT molecular complexity index is 654. The number of carbonyl (C=O) groups excluding carboxylic acids is 1. The van der Waals surface area contributed by atoms with E-state index in [1.165, 1.54) is 12.1 Å². The van der Waals surface area contributed by atoms with Gasteiger partial charge in [-0.2, -0.15) is 0 Å². The largest absolute Gasteiger partial charge is 0.460 e. The zero-order chi connectivity index (χ0) is 17.3. The molecule has 1 aromatic rings. The van der Waals surface area contributed by atoms with Crippen LogP contribution in [0.1, 0.15) is 33.6 Å². The number of anilines is 1. The Labute approximate surface area is 137 Å². The van der Waals surface area contributed by atoms with Crippen molar-refractivity contribution < 1.29 is 17.9 Å². The second kappa shape index (κ2) is 6.49. The highest BCUT2D eigenvalue weighted by Gasteiger charge is 2.29. The number of nitrogens with two attached hydrogens (primary N) is 1. The van der Waals surface area contributed by atoms with Crippen LogP contribution in [0.25, 0.3) is 0 Å². The molecule has 0 bridgehead atoms. The van der Waals surface area contributed by atoms with Crippen LogP contribution in [0.2, 0.25) is 0 Å². The van der Waals surface area contributed by atoms with E-state index in [0.717, 1.165) is 31.6 Å². The molecule has 0 saturated carbocycles. The van der Waals surface area contributed by atoms with Crippen molar-refractivity contribution in [3.05, 3.63) is 24.3 Å². The summed E-state index contributed by atoms with van der Waals surface area (Å²) in [7, 11) is -3.67. The summed E-state index contributed by atoms with van der Waals surface area (Å²) >= 11 is 0. The number of hydrogen-bond donors (Lipinski definition) is 1. The van der Waals surface area contributed by atoms with Gasteiger partial charge in [0.2, 0.25) is 10.0 Å². The van der Waals surface area contributed by atoms with Gasteiger partial charge in [-0.25, -0.2) is 13.6 Å². The standard InChI is InChI=1S/C16H24N2O4S/c1-16(2,3)22-15(19)12-8-10-18(11-9-12)13-4-6-14(7-5-13)23(17,20)21/h4-7,12H,8-11H2,1-3H3,(H2,17,20,21). The molecule has 23 heavy (non-hydrogen) atoms. The third-order valence-electron chi connectivity index (χ3n) is 3.77. The summed E-state index contributed by atoms with van der Waals surface area (Å²) in [4.78, 5) is 14.3. The van der Waals surface area contributed by atoms with E-state index in [1.807, 2.05) is 20.8 Å². The van der Waals surface area contributed by atoms with Crippen molar-refractivity contribution >= 4 is 21.7 Å². The van der Waals surface area contributed by atoms with Gasteiger partial charge in [-0.3, -0.25) is 4.79 Å². The van der Waals surface area contributed by atoms with Gasteiger partial charge in [-0.15, -0.1) is 0 Å². The number of nitrogens with zero attached hydrogens (tertiary/aromatic N) is 1. The first kappa shape index (κ1) is 17.7. The molecule has 2 N–H and O–H groups in total. The van der Waals surface area contributed by atoms with E-state index in [4.69, 9.17) is 9.88 Å². The molecule has 1 aromatic carbocycles. The molecule has 1 heterocycles. The van der Waals surface area contributed by atoms with Crippen LogP contribution in [-0.4, -0.2) is 33.1 Å². The van der Waals surface area contributed by atoms with Gasteiger partial charge >= 0.3 is 5.97 Å². The van der Waals surface area contributed by atoms with Gasteiger partial charge in [-0.1, -0.05) is 0 Å². The number of carbonyl (C=O) groups is 1. The number of ether oxygens (including phenoxy) is 1. The molecule has 0 aromatic heterocycles. The average molecular weight is 340 g/mol. The lowest BCUT2D eigenvalue weighted by molar-refractivity contribution is -0.160. The minimum absolute atomic E-state index is 0.0748. The molecule has 0 amide bonds. The monoisotopic (exact) mass is 340 g/mol. The highest BCUT2D eigenvalue weighted by atomic mass is 32.2. The maximum atomic E-state index is 12.1. The Balaban J connectivity index is 1.95. The maximum Gasteiger partial charge on any atom is 0.309 e. The molecule has 0 aliphatic carbocycles. The highest BCUT2D eigenvalue weighted by Crippen LogP contribution is 2.26. The molecule has 0 spiro atoms. The van der Waals surface area contributed by atoms with Crippen LogP contribution in [-0.2, 0) is 19.6 Å². The summed E-state index contributed by atoms with van der Waals surface area (Å²) in [6.45, 7) is 7.07. The lowest BCUT2D eigenvalue weighted by Gasteiger charge is -2.33. The fraction of sp³-hybridized carbons (Fsp3) is 0.562. The first-order chi connectivity index (χ1) is 10.6. The minimum atomic E-state index is -3.67. The Hall–Kier alpha value is -1.60. The lowest BCUT2D eigenvalue weighted by Crippen LogP contribution is -2.38. The van der Waals surface area contributed by atoms with Crippen molar-refractivity contribution in [2.45, 2.75) is 44.1 Å². The van der Waals surface area contributed by atoms with E-state index in [1.54, 1.807) is 12.1 Å². The van der Waals surface area contributed by atoms with Crippen LogP contribution < -0.4 is 10.0 Å². The number of sulfonamides is 1. The molecule has 1 saturated heterocycles. The van der Waals surface area contributed by atoms with E-state index < -0.39 is 15.6 Å². The predicted octanol–water partition coefficient (Wildman–Crippen LogP) is 1.89. The smallest absolute Gasteiger partial charge is 0.309 e. The van der Waals surface area contributed by atoms with Crippen LogP contribution in [0.15, 0.2) is 29.2 Å². The quantitative estimate of drug-likeness (QED) is 0.849. The molecule has 0 unspecified atom stereocenters. The predicted molar refractivity (Wildman–Crippen MR) is 88.6 cm³/mol. The fourth-order valence-corrected chi connectivity index (χ4v) is 3.12. The molecule has 1 aliphatic rings. The number of rotatable bonds is 3. The third-order valence-corrected chi connectivity index (χ3v) is 4.69. The van der Waals surface area contributed by atoms with Crippen molar-refractivity contribution in [3.8, 4) is 0 Å². The normalized spacial score (nSPS) is 17.1. The topological polar surface area (TPSA) is 89.7 Å². The summed E-state index contributed by atoms with van der Waals surface area (Å²) in [5.74, 6) is -0.212. The van der Waals surface area contributed by atoms with Gasteiger partial charge in [-0.05, 0) is 57.9 Å². The van der Waals surface area contributed by atoms with Gasteiger partial charge in [0.05, 0.1) is 10.8 Å². The molecule has 0 atom stereocenters. The molecule has 1 fully saturated rings. The van der Waals surface area contributed by atoms with Crippen LogP contribution in [0.3, 0.4) is 0 Å². The summed E-state index contributed by atoms with van der Waals surface area (Å²) < 4.78 is 28.0. The van der Waals surface area contributed by atoms with Gasteiger partial charge in [0.1, 0.15) is 5.60 Å². The number of hydrogen-bond acceptors (Lipinski definition) is 5. The summed E-state index contributed by atoms with van der Waals surface area (Å²) in [6, 6.07) is 6.50. The Morgan fingerprint density at radius 3 is 2.13 bits per heavy atom. The van der Waals surface area contributed by atoms with Crippen LogP contribution in [0.5, 0.6) is 0 Å². The fourth-order valence-electron chi connectivity index (χ4n) is 2.61. The number of benzene rings is 1. The third kappa shape index (κ3) is 4.94. The highest BCUT2D eigenvalue weighted by molar-refractivity contribution is 7.89. The molecule has 128 valence electrons. The van der Waals surface area contributed by atoms with Gasteiger partial charge < -0.3 is 9.64 Å². The van der Waals surface area contributed by atoms with Gasteiger partial charge in [0.15, 0.2) is 0 Å². The number of esters is 1. The second-order valence-corrected chi connectivity index (χ2v) is 8.40. The van der Waals surface area contributed by atoms with Crippen LogP contribution in [0, 0.1) is 5.92 Å². The lowest BCUT2D eigenvalue weighted by atomic mass is 9.96. The van der Waals surface area contributed by atoms with E-state index in [9.17, 15) is 13.2 Å². The maximum absolute atomic E-state index is 12.1. The molecular weight excluding hydrogens is 316 g/mol. The zero-order valence-electron chi connectivity index (χ0n) is 13.8. The van der Waals surface area contributed by atoms with Gasteiger partial charge in [0, 0.05) is 18.8 Å². The Kier molecular flexibility index (Phi) is 5.01. The van der Waals surface area contributed by atoms with E-state index in [0.29, 0.717) is 0 Å². The van der Waals surface area contributed by atoms with E-state index >= 15 is 0 Å². The first-order valence-corrected chi connectivity index (χ1v) is 9.21. The molecule has 2 rings (SSSR count). The second-order valence-electron chi connectivity index (χ2n) is 6.83. The average Bonchev–Trinajstić information content (AvgIpc) is 2.45. The number of primary sulfonamides is 1. The van der Waals surface area contributed by atoms with Crippen molar-refractivity contribution in [3.63, 3.8) is 0 Å². The SMILES string of the molecule is CC(C)(C)OC(=O)C1CCN(c2ccc(S(N)(=O)=O)cc2)CC1. The van der Waals surface area contributed by atoms with Crippen molar-refractivity contribution in [1.29, 1.82) is 0 Å². The van der Waals surface area contributed by atoms with Gasteiger partial charge in [0.25, 0.3) is 0 Å². The Morgan fingerprint density at radius 1 is 1.17 bits per heavy atom. The van der Waals surface area contributed by atoms with E-state index in [2.05, 4.69) is 4.90 Å². The summed E-state index contributed by atoms with van der Waals surface area (Å²) in [5.41, 5.74) is 0.470. The molecule has 1 aliphatic heterocycles. The molecule has 0 radical (unpaired) electrons. The van der Waals surface area contributed by atoms with Crippen LogP contribution in [0.4, 0.5) is 5.69 Å².